The van der Waals surface area contributed by atoms with Crippen molar-refractivity contribution in [2.45, 2.75) is 0 Å². The highest BCUT2D eigenvalue weighted by Crippen LogP contribution is 2.34. The van der Waals surface area contributed by atoms with Crippen LogP contribution in [-0.2, 0) is 0 Å². The maximum Gasteiger partial charge on any atom is 0.344 e. The zero-order valence-corrected chi connectivity index (χ0v) is 9.12. The van der Waals surface area contributed by atoms with Crippen LogP contribution < -0.4 is 4.74 Å². The minimum absolute atomic E-state index is 0.405. The van der Waals surface area contributed by atoms with Crippen molar-refractivity contribution in [1.82, 2.24) is 0 Å². The van der Waals surface area contributed by atoms with Crippen molar-refractivity contribution in [3.63, 3.8) is 0 Å². The largest absolute Gasteiger partial charge is 0.507 e. The zero-order chi connectivity index (χ0) is 14.2. The Balaban J connectivity index is 2.61. The molecule has 0 saturated carbocycles. The van der Waals surface area contributed by atoms with Crippen LogP contribution in [0.15, 0.2) is 36.4 Å². The molecule has 0 unspecified atom stereocenters. The molecule has 4 nitrogen and oxygen atoms in total. The van der Waals surface area contributed by atoms with Crippen LogP contribution >= 0.6 is 0 Å². The third-order valence-corrected chi connectivity index (χ3v) is 2.37. The van der Waals surface area contributed by atoms with Gasteiger partial charge in [-0.15, -0.1) is 0 Å². The summed E-state index contributed by atoms with van der Waals surface area (Å²) in [7, 11) is 0. The Morgan fingerprint density at radius 2 is 1.58 bits per heavy atom. The van der Waals surface area contributed by atoms with Crippen LogP contribution in [0.5, 0.6) is 11.5 Å². The van der Waals surface area contributed by atoms with Gasteiger partial charge in [-0.05, 0) is 24.3 Å². The number of halogens is 3. The molecule has 7 heteroatoms. The van der Waals surface area contributed by atoms with Crippen molar-refractivity contribution >= 4 is 11.6 Å². The van der Waals surface area contributed by atoms with E-state index in [1.54, 1.807) is 0 Å². The van der Waals surface area contributed by atoms with Gasteiger partial charge in [-0.1, -0.05) is 0 Å². The predicted molar refractivity (Wildman–Crippen MR) is 56.9 cm³/mol. The molecule has 2 rings (SSSR count). The minimum Gasteiger partial charge on any atom is -0.507 e. The molecule has 1 aromatic carbocycles. The summed E-state index contributed by atoms with van der Waals surface area (Å²) in [4.78, 5) is 23.1. The quantitative estimate of drug-likeness (QED) is 0.839. The van der Waals surface area contributed by atoms with Crippen LogP contribution in [0.4, 0.5) is 13.2 Å². The van der Waals surface area contributed by atoms with Gasteiger partial charge in [0.2, 0.25) is 0 Å². The second kappa shape index (κ2) is 4.60. The Kier molecular flexibility index (Phi) is 3.12. The topological polar surface area (TPSA) is 63.6 Å². The van der Waals surface area contributed by atoms with Gasteiger partial charge in [0.05, 0.1) is 11.1 Å². The number of carbonyl (C=O) groups excluding carboxylic acids is 2. The van der Waals surface area contributed by atoms with E-state index in [-0.39, 0.29) is 0 Å². The molecule has 0 heterocycles. The minimum atomic E-state index is -2.70. The van der Waals surface area contributed by atoms with Gasteiger partial charge in [0.1, 0.15) is 11.5 Å². The summed E-state index contributed by atoms with van der Waals surface area (Å²) in [5.41, 5.74) is -0.860. The van der Waals surface area contributed by atoms with Crippen LogP contribution in [0, 0.1) is 0 Å². The smallest absolute Gasteiger partial charge is 0.344 e. The van der Waals surface area contributed by atoms with Crippen LogP contribution in [-0.4, -0.2) is 16.7 Å². The predicted octanol–water partition coefficient (Wildman–Crippen LogP) is 2.74. The number of aromatic hydroxyl groups is 1. The summed E-state index contributed by atoms with van der Waals surface area (Å²) in [6, 6.07) is -0.314. The van der Waals surface area contributed by atoms with Crippen LogP contribution in [0.1, 0.15) is 20.7 Å². The first kappa shape index (κ1) is 12.9. The lowest BCUT2D eigenvalue weighted by Gasteiger charge is -2.14. The Morgan fingerprint density at radius 1 is 1.00 bits per heavy atom. The van der Waals surface area contributed by atoms with Gasteiger partial charge in [-0.2, -0.15) is 13.2 Å². The van der Waals surface area contributed by atoms with Crippen LogP contribution in [0.25, 0.3) is 0 Å². The highest BCUT2D eigenvalue weighted by atomic mass is 19.3. The maximum absolute atomic E-state index is 12.7. The van der Waals surface area contributed by atoms with E-state index >= 15 is 0 Å². The Bertz CT molecular complexity index is 643. The van der Waals surface area contributed by atoms with Gasteiger partial charge in [-0.3, -0.25) is 9.59 Å². The van der Waals surface area contributed by atoms with Gasteiger partial charge in [-0.25, -0.2) is 0 Å². The van der Waals surface area contributed by atoms with Crippen LogP contribution in [0.2, 0.25) is 0 Å². The Labute approximate surface area is 104 Å². The molecule has 1 N–H and O–H groups in total. The fraction of sp³-hybridized carbons (Fsp3) is 0. The molecule has 1 aliphatic rings. The molecule has 1 aliphatic carbocycles. The molecule has 0 spiro atoms. The third kappa shape index (κ3) is 2.22. The number of hydrogen-bond donors (Lipinski definition) is 1. The van der Waals surface area contributed by atoms with E-state index in [1.165, 1.54) is 0 Å². The Hall–Kier alpha value is -2.57. The maximum atomic E-state index is 12.7. The first-order valence-electron chi connectivity index (χ1n) is 4.93. The van der Waals surface area contributed by atoms with E-state index in [1.807, 2.05) is 0 Å². The van der Waals surface area contributed by atoms with E-state index in [0.29, 0.717) is 0 Å². The lowest BCUT2D eigenvalue weighted by molar-refractivity contribution is 0.0988. The molecule has 0 fully saturated rings. The van der Waals surface area contributed by atoms with E-state index < -0.39 is 46.3 Å². The number of benzene rings is 1. The number of hydrogen-bond acceptors (Lipinski definition) is 4. The zero-order valence-electron chi connectivity index (χ0n) is 9.12. The molecule has 0 amide bonds. The lowest BCUT2D eigenvalue weighted by Crippen LogP contribution is -2.13. The fourth-order valence-electron chi connectivity index (χ4n) is 1.60. The average molecular weight is 270 g/mol. The average Bonchev–Trinajstić information content (AvgIpc) is 2.36. The van der Waals surface area contributed by atoms with Crippen molar-refractivity contribution in [2.24, 2.45) is 0 Å². The number of allylic oxidation sites excluding steroid dienone is 2. The molecule has 1 aromatic rings. The first-order valence-corrected chi connectivity index (χ1v) is 4.93. The van der Waals surface area contributed by atoms with E-state index in [9.17, 15) is 27.9 Å². The highest BCUT2D eigenvalue weighted by Gasteiger charge is 2.27. The van der Waals surface area contributed by atoms with Crippen molar-refractivity contribution in [3.05, 3.63) is 47.5 Å². The van der Waals surface area contributed by atoms with Gasteiger partial charge < -0.3 is 9.84 Å². The summed E-state index contributed by atoms with van der Waals surface area (Å²) in [6.07, 6.45) is -0.910. The van der Waals surface area contributed by atoms with E-state index in [0.717, 1.165) is 24.3 Å². The summed E-state index contributed by atoms with van der Waals surface area (Å²) >= 11 is 0. The first-order chi connectivity index (χ1) is 8.91. The number of ketones is 2. The highest BCUT2D eigenvalue weighted by molar-refractivity contribution is 6.24. The lowest BCUT2D eigenvalue weighted by atomic mass is 9.93. The molecule has 19 heavy (non-hydrogen) atoms. The van der Waals surface area contributed by atoms with Gasteiger partial charge >= 0.3 is 12.1 Å². The third-order valence-electron chi connectivity index (χ3n) is 2.37. The van der Waals surface area contributed by atoms with E-state index in [2.05, 4.69) is 4.74 Å². The summed E-state index contributed by atoms with van der Waals surface area (Å²) < 4.78 is 40.9. The summed E-state index contributed by atoms with van der Waals surface area (Å²) in [5, 5.41) is 9.50. The van der Waals surface area contributed by atoms with Crippen molar-refractivity contribution < 1.29 is 32.6 Å². The number of ether oxygens (including phenoxy) is 1. The number of phenols is 1. The molecule has 0 saturated heterocycles. The molecular formula is C12H5F3O4. The van der Waals surface area contributed by atoms with Crippen LogP contribution in [0.3, 0.4) is 0 Å². The van der Waals surface area contributed by atoms with Gasteiger partial charge in [0.25, 0.3) is 0 Å². The molecule has 0 aliphatic heterocycles. The number of carbonyl (C=O) groups is 2. The monoisotopic (exact) mass is 270 g/mol. The molecule has 0 atom stereocenters. The number of rotatable bonds is 2. The van der Waals surface area contributed by atoms with Gasteiger partial charge in [0, 0.05) is 0 Å². The second-order valence-corrected chi connectivity index (χ2v) is 3.53. The second-order valence-electron chi connectivity index (χ2n) is 3.53. The van der Waals surface area contributed by atoms with Crippen molar-refractivity contribution in [1.29, 1.82) is 0 Å². The molecule has 0 radical (unpaired) electrons. The van der Waals surface area contributed by atoms with Gasteiger partial charge in [0.15, 0.2) is 11.6 Å². The fourth-order valence-corrected chi connectivity index (χ4v) is 1.60. The normalized spacial score (nSPS) is 13.2. The number of phenolic OH excluding ortho intramolecular Hbond substituents is 1. The molecule has 0 bridgehead atoms. The van der Waals surface area contributed by atoms with Crippen molar-refractivity contribution in [3.8, 4) is 11.5 Å². The SMILES string of the molecule is O=C1C=CC(=O)c2c(OC(F)=C(F)F)ccc(O)c21. The molecular weight excluding hydrogens is 265 g/mol. The summed E-state index contributed by atoms with van der Waals surface area (Å²) in [5.74, 6) is -2.55. The molecule has 98 valence electrons. The Morgan fingerprint density at radius 3 is 2.16 bits per heavy atom. The molecule has 0 aromatic heterocycles. The number of fused-ring (bicyclic) bond motifs is 1. The van der Waals surface area contributed by atoms with E-state index in [4.69, 9.17) is 0 Å². The summed E-state index contributed by atoms with van der Waals surface area (Å²) in [6.45, 7) is 0. The van der Waals surface area contributed by atoms with Crippen molar-refractivity contribution in [2.75, 3.05) is 0 Å². The standard InChI is InChI=1S/C12H5F3O4/c13-11(14)12(15)19-8-4-3-6(17)9-5(16)1-2-7(18)10(8)9/h1-4,17H.